The van der Waals surface area contributed by atoms with E-state index in [0.717, 1.165) is 32.1 Å². The summed E-state index contributed by atoms with van der Waals surface area (Å²) >= 11 is 0. The van der Waals surface area contributed by atoms with Crippen molar-refractivity contribution in [3.63, 3.8) is 0 Å². The molecule has 56 heavy (non-hydrogen) atoms. The van der Waals surface area contributed by atoms with Gasteiger partial charge in [0, 0.05) is 12.8 Å². The van der Waals surface area contributed by atoms with Crippen LogP contribution in [0.25, 0.3) is 0 Å². The molecule has 0 saturated heterocycles. The summed E-state index contributed by atoms with van der Waals surface area (Å²) in [6.07, 6.45) is 36.2. The molecule has 0 saturated carbocycles. The molecular formula is C45H87NO9P+. The first-order valence-corrected chi connectivity index (χ1v) is 24.5. The Balaban J connectivity index is 4.48. The molecule has 11 heteroatoms. The summed E-state index contributed by atoms with van der Waals surface area (Å²) in [7, 11) is 0.613. The lowest BCUT2D eigenvalue weighted by Gasteiger charge is -2.24. The summed E-state index contributed by atoms with van der Waals surface area (Å²) in [5.41, 5.74) is 0. The van der Waals surface area contributed by atoms with Gasteiger partial charge in [0.05, 0.1) is 21.1 Å². The molecule has 0 fully saturated rings. The summed E-state index contributed by atoms with van der Waals surface area (Å²) in [5, 5.41) is 0. The molecule has 0 aromatic carbocycles. The van der Waals surface area contributed by atoms with Gasteiger partial charge in [-0.2, -0.15) is 0 Å². The molecule has 0 bridgehead atoms. The minimum absolute atomic E-state index is 0.0198. The van der Waals surface area contributed by atoms with E-state index in [1.54, 1.807) is 27.1 Å². The summed E-state index contributed by atoms with van der Waals surface area (Å²) in [5.74, 6) is 0.288. The second-order valence-electron chi connectivity index (χ2n) is 17.0. The number of unbranched alkanes of at least 4 members (excludes halogenated alkanes) is 28. The smallest absolute Gasteiger partial charge is 0.462 e. The SMILES string of the molecule is CCCCCCCCCCCCCCCCCC(=O)OCC(COP(=O)(O)OC(=C=O)C[N+](C)(C)C)OC(=O)CCCCCCCCCCCCCCCCC. The van der Waals surface area contributed by atoms with Gasteiger partial charge in [0.2, 0.25) is 5.76 Å². The third-order valence-electron chi connectivity index (χ3n) is 10.1. The van der Waals surface area contributed by atoms with Gasteiger partial charge in [-0.05, 0) is 12.8 Å². The van der Waals surface area contributed by atoms with E-state index in [1.165, 1.54) is 148 Å². The molecule has 0 spiro atoms. The van der Waals surface area contributed by atoms with Gasteiger partial charge in [0.1, 0.15) is 19.8 Å². The molecule has 0 aromatic heterocycles. The van der Waals surface area contributed by atoms with Crippen LogP contribution in [-0.2, 0) is 37.5 Å². The number of carbonyl (C=O) groups excluding carboxylic acids is 3. The van der Waals surface area contributed by atoms with Crippen LogP contribution in [-0.4, -0.2) is 74.3 Å². The van der Waals surface area contributed by atoms with Crippen molar-refractivity contribution in [2.75, 3.05) is 40.9 Å². The Hall–Kier alpha value is -1.70. The van der Waals surface area contributed by atoms with Crippen LogP contribution in [0.1, 0.15) is 219 Å². The zero-order valence-electron chi connectivity index (χ0n) is 36.9. The number of carbonyl (C=O) groups is 2. The Morgan fingerprint density at radius 1 is 0.554 bits per heavy atom. The van der Waals surface area contributed by atoms with Crippen LogP contribution >= 0.6 is 7.82 Å². The first-order chi connectivity index (χ1) is 26.9. The quantitative estimate of drug-likeness (QED) is 0.0160. The van der Waals surface area contributed by atoms with E-state index in [2.05, 4.69) is 13.8 Å². The lowest BCUT2D eigenvalue weighted by molar-refractivity contribution is -0.866. The van der Waals surface area contributed by atoms with Gasteiger partial charge in [0.25, 0.3) is 0 Å². The Morgan fingerprint density at radius 2 is 0.893 bits per heavy atom. The molecule has 2 unspecified atom stereocenters. The van der Waals surface area contributed by atoms with E-state index < -0.39 is 32.5 Å². The number of phosphoric ester groups is 1. The van der Waals surface area contributed by atoms with Crippen LogP contribution in [0.3, 0.4) is 0 Å². The van der Waals surface area contributed by atoms with E-state index in [-0.39, 0.29) is 36.2 Å². The second kappa shape index (κ2) is 37.6. The number of rotatable bonds is 42. The van der Waals surface area contributed by atoms with Gasteiger partial charge in [-0.3, -0.25) is 19.0 Å². The van der Waals surface area contributed by atoms with Crippen LogP contribution in [0.5, 0.6) is 0 Å². The van der Waals surface area contributed by atoms with Crippen molar-refractivity contribution in [3.8, 4) is 0 Å². The molecule has 0 aliphatic heterocycles. The topological polar surface area (TPSA) is 125 Å². The molecule has 0 heterocycles. The summed E-state index contributed by atoms with van der Waals surface area (Å²) in [6.45, 7) is 3.68. The van der Waals surface area contributed by atoms with Gasteiger partial charge in [-0.15, -0.1) is 0 Å². The van der Waals surface area contributed by atoms with E-state index in [0.29, 0.717) is 12.8 Å². The highest BCUT2D eigenvalue weighted by atomic mass is 31.2. The number of hydrogen-bond acceptors (Lipinski definition) is 8. The number of quaternary nitrogens is 1. The van der Waals surface area contributed by atoms with Crippen molar-refractivity contribution in [1.29, 1.82) is 0 Å². The fraction of sp³-hybridized carbons (Fsp3) is 0.911. The largest absolute Gasteiger partial charge is 0.528 e. The lowest BCUT2D eigenvalue weighted by Crippen LogP contribution is -2.36. The molecule has 1 N–H and O–H groups in total. The predicted molar refractivity (Wildman–Crippen MR) is 229 cm³/mol. The highest BCUT2D eigenvalue weighted by Gasteiger charge is 2.30. The van der Waals surface area contributed by atoms with Crippen molar-refractivity contribution < 1.29 is 46.8 Å². The second-order valence-corrected chi connectivity index (χ2v) is 18.4. The van der Waals surface area contributed by atoms with E-state index in [1.807, 2.05) is 0 Å². The standard InChI is InChI=1S/C45H86NO9P/c1-6-8-10-12-14-16-18-20-22-24-26-28-30-32-34-36-44(48)52-40-43(41-53-56(50,51)55-42(39-47)38-46(3,4)5)54-45(49)37-35-33-31-29-27-25-23-21-19-17-15-13-11-9-7-2/h43H,6-38,40-41H2,1-5H3/p+1. The van der Waals surface area contributed by atoms with Crippen molar-refractivity contribution in [1.82, 2.24) is 0 Å². The molecule has 0 radical (unpaired) electrons. The predicted octanol–water partition coefficient (Wildman–Crippen LogP) is 12.5. The maximum Gasteiger partial charge on any atom is 0.528 e. The maximum absolute atomic E-state index is 12.7. The summed E-state index contributed by atoms with van der Waals surface area (Å²) < 4.78 is 33.9. The molecule has 0 aliphatic carbocycles. The number of likely N-dealkylation sites (N-methyl/N-ethyl adjacent to an activating group) is 1. The highest BCUT2D eigenvalue weighted by Crippen LogP contribution is 2.45. The molecule has 0 aromatic rings. The van der Waals surface area contributed by atoms with Gasteiger partial charge in [-0.1, -0.05) is 194 Å². The summed E-state index contributed by atoms with van der Waals surface area (Å²) in [4.78, 5) is 46.9. The van der Waals surface area contributed by atoms with Crippen LogP contribution in [0, 0.1) is 0 Å². The third-order valence-corrected chi connectivity index (χ3v) is 11.0. The fourth-order valence-electron chi connectivity index (χ4n) is 6.75. The minimum Gasteiger partial charge on any atom is -0.462 e. The van der Waals surface area contributed by atoms with Crippen molar-refractivity contribution in [3.05, 3.63) is 5.76 Å². The zero-order valence-corrected chi connectivity index (χ0v) is 37.8. The highest BCUT2D eigenvalue weighted by molar-refractivity contribution is 7.47. The van der Waals surface area contributed by atoms with Crippen LogP contribution in [0.2, 0.25) is 0 Å². The summed E-state index contributed by atoms with van der Waals surface area (Å²) in [6, 6.07) is 0. The maximum atomic E-state index is 12.7. The van der Waals surface area contributed by atoms with E-state index in [4.69, 9.17) is 18.5 Å². The molecule has 2 atom stereocenters. The van der Waals surface area contributed by atoms with Crippen LogP contribution in [0.4, 0.5) is 0 Å². The molecule has 0 rings (SSSR count). The molecule has 330 valence electrons. The molecule has 10 nitrogen and oxygen atoms in total. The number of nitrogens with zero attached hydrogens (tertiary/aromatic N) is 1. The Bertz CT molecular complexity index is 1040. The number of hydrogen-bond donors (Lipinski definition) is 1. The zero-order chi connectivity index (χ0) is 41.6. The normalized spacial score (nSPS) is 13.2. The average Bonchev–Trinajstić information content (AvgIpc) is 3.14. The fourth-order valence-corrected chi connectivity index (χ4v) is 7.53. The van der Waals surface area contributed by atoms with E-state index in [9.17, 15) is 23.8 Å². The Morgan fingerprint density at radius 3 is 1.23 bits per heavy atom. The molecule has 0 aliphatic rings. The average molecular weight is 817 g/mol. The van der Waals surface area contributed by atoms with Gasteiger partial charge in [-0.25, -0.2) is 9.36 Å². The number of phosphoric acid groups is 1. The number of ether oxygens (including phenoxy) is 2. The van der Waals surface area contributed by atoms with Crippen molar-refractivity contribution >= 4 is 25.7 Å². The van der Waals surface area contributed by atoms with Crippen LogP contribution < -0.4 is 0 Å². The van der Waals surface area contributed by atoms with E-state index >= 15 is 0 Å². The van der Waals surface area contributed by atoms with Gasteiger partial charge in [0.15, 0.2) is 12.0 Å². The monoisotopic (exact) mass is 817 g/mol. The molecule has 0 amide bonds. The first kappa shape index (κ1) is 54.3. The van der Waals surface area contributed by atoms with Crippen LogP contribution in [0.15, 0.2) is 5.76 Å². The number of esters is 2. The first-order valence-electron chi connectivity index (χ1n) is 23.0. The van der Waals surface area contributed by atoms with Gasteiger partial charge >= 0.3 is 19.8 Å². The lowest BCUT2D eigenvalue weighted by atomic mass is 10.0. The van der Waals surface area contributed by atoms with Gasteiger partial charge < -0.3 is 18.5 Å². The minimum atomic E-state index is -4.74. The molecular weight excluding hydrogens is 729 g/mol. The Labute approximate surface area is 343 Å². The Kier molecular flexibility index (Phi) is 36.4. The van der Waals surface area contributed by atoms with Crippen molar-refractivity contribution in [2.24, 2.45) is 0 Å². The van der Waals surface area contributed by atoms with Crippen molar-refractivity contribution in [2.45, 2.75) is 225 Å². The third kappa shape index (κ3) is 39.1.